The molecule has 23 heavy (non-hydrogen) atoms. The van der Waals surface area contributed by atoms with Crippen LogP contribution >= 0.6 is 0 Å². The predicted molar refractivity (Wildman–Crippen MR) is 90.5 cm³/mol. The lowest BCUT2D eigenvalue weighted by atomic mass is 9.89. The average Bonchev–Trinajstić information content (AvgIpc) is 2.90. The van der Waals surface area contributed by atoms with E-state index >= 15 is 0 Å². The number of nitro groups is 1. The van der Waals surface area contributed by atoms with Crippen molar-refractivity contribution in [1.29, 1.82) is 0 Å². The van der Waals surface area contributed by atoms with Gasteiger partial charge in [-0.1, -0.05) is 66.7 Å². The molecule has 0 fully saturated rings. The first-order valence-electron chi connectivity index (χ1n) is 7.66. The maximum absolute atomic E-state index is 11.3. The summed E-state index contributed by atoms with van der Waals surface area (Å²) in [5.74, 6) is 0.170. The van der Waals surface area contributed by atoms with E-state index in [-0.39, 0.29) is 16.5 Å². The molecule has 3 heteroatoms. The van der Waals surface area contributed by atoms with Gasteiger partial charge in [0, 0.05) is 17.5 Å². The number of hydrogen-bond acceptors (Lipinski definition) is 2. The molecular weight excluding hydrogens is 286 g/mol. The van der Waals surface area contributed by atoms with Crippen molar-refractivity contribution >= 4 is 5.69 Å². The molecule has 0 saturated carbocycles. The molecular formula is C20H15NO2. The molecule has 1 aliphatic rings. The third-order valence-electron chi connectivity index (χ3n) is 4.57. The molecule has 4 rings (SSSR count). The molecule has 3 aromatic rings. The monoisotopic (exact) mass is 301 g/mol. The molecule has 1 aliphatic carbocycles. The molecule has 0 amide bonds. The van der Waals surface area contributed by atoms with Crippen LogP contribution in [0.25, 0.3) is 11.1 Å². The van der Waals surface area contributed by atoms with E-state index < -0.39 is 0 Å². The first-order valence-corrected chi connectivity index (χ1v) is 7.66. The van der Waals surface area contributed by atoms with Crippen LogP contribution in [-0.2, 0) is 6.42 Å². The maximum Gasteiger partial charge on any atom is 0.272 e. The molecule has 112 valence electrons. The van der Waals surface area contributed by atoms with Gasteiger partial charge in [0.25, 0.3) is 5.69 Å². The van der Waals surface area contributed by atoms with E-state index in [9.17, 15) is 10.1 Å². The van der Waals surface area contributed by atoms with Gasteiger partial charge in [-0.05, 0) is 28.7 Å². The summed E-state index contributed by atoms with van der Waals surface area (Å²) in [5, 5.41) is 11.3. The Morgan fingerprint density at radius 3 is 1.91 bits per heavy atom. The van der Waals surface area contributed by atoms with E-state index in [2.05, 4.69) is 24.3 Å². The summed E-state index contributed by atoms with van der Waals surface area (Å²) < 4.78 is 0. The Labute approximate surface area is 134 Å². The topological polar surface area (TPSA) is 43.1 Å². The van der Waals surface area contributed by atoms with Crippen LogP contribution in [-0.4, -0.2) is 4.92 Å². The summed E-state index contributed by atoms with van der Waals surface area (Å²) in [6, 6.07) is 23.7. The van der Waals surface area contributed by atoms with Crippen LogP contribution < -0.4 is 0 Å². The molecule has 0 spiro atoms. The lowest BCUT2D eigenvalue weighted by Gasteiger charge is -2.13. The Hall–Kier alpha value is -2.94. The Balaban J connectivity index is 1.83. The second-order valence-electron chi connectivity index (χ2n) is 5.82. The fourth-order valence-electron chi connectivity index (χ4n) is 3.56. The van der Waals surface area contributed by atoms with Crippen molar-refractivity contribution in [2.24, 2.45) is 0 Å². The minimum Gasteiger partial charge on any atom is -0.258 e. The molecule has 0 heterocycles. The summed E-state index contributed by atoms with van der Waals surface area (Å²) in [6.07, 6.45) is 0.644. The molecule has 0 N–H and O–H groups in total. The van der Waals surface area contributed by atoms with Gasteiger partial charge in [0.05, 0.1) is 4.92 Å². The second-order valence-corrected chi connectivity index (χ2v) is 5.82. The van der Waals surface area contributed by atoms with Gasteiger partial charge in [0.1, 0.15) is 0 Å². The van der Waals surface area contributed by atoms with Crippen molar-refractivity contribution in [2.75, 3.05) is 0 Å². The van der Waals surface area contributed by atoms with Gasteiger partial charge in [-0.3, -0.25) is 10.1 Å². The summed E-state index contributed by atoms with van der Waals surface area (Å²) in [6.45, 7) is 0. The van der Waals surface area contributed by atoms with Gasteiger partial charge in [0.15, 0.2) is 0 Å². The zero-order chi connectivity index (χ0) is 15.8. The van der Waals surface area contributed by atoms with Crippen molar-refractivity contribution in [3.63, 3.8) is 0 Å². The number of hydrogen-bond donors (Lipinski definition) is 0. The summed E-state index contributed by atoms with van der Waals surface area (Å²) in [7, 11) is 0. The molecule has 0 bridgehead atoms. The molecule has 0 atom stereocenters. The van der Waals surface area contributed by atoms with Crippen LogP contribution in [0.1, 0.15) is 22.6 Å². The van der Waals surface area contributed by atoms with Gasteiger partial charge in [-0.15, -0.1) is 0 Å². The standard InChI is InChI=1S/C20H15NO2/c22-21(23)20-12-6-1-7-14(20)13-19-17-10-4-2-8-15(17)16-9-3-5-11-18(16)19/h1-12,19H,13H2. The number of nitro benzene ring substituents is 1. The van der Waals surface area contributed by atoms with Gasteiger partial charge < -0.3 is 0 Å². The van der Waals surface area contributed by atoms with Crippen LogP contribution in [0.3, 0.4) is 0 Å². The molecule has 0 radical (unpaired) electrons. The summed E-state index contributed by atoms with van der Waals surface area (Å²) >= 11 is 0. The van der Waals surface area contributed by atoms with E-state index in [4.69, 9.17) is 0 Å². The van der Waals surface area contributed by atoms with Crippen molar-refractivity contribution < 1.29 is 4.92 Å². The third-order valence-corrected chi connectivity index (χ3v) is 4.57. The van der Waals surface area contributed by atoms with Crippen molar-refractivity contribution in [1.82, 2.24) is 0 Å². The Morgan fingerprint density at radius 2 is 1.30 bits per heavy atom. The highest BCUT2D eigenvalue weighted by Crippen LogP contribution is 2.46. The smallest absolute Gasteiger partial charge is 0.258 e. The second kappa shape index (κ2) is 5.36. The van der Waals surface area contributed by atoms with Crippen molar-refractivity contribution in [3.05, 3.63) is 99.6 Å². The zero-order valence-corrected chi connectivity index (χ0v) is 12.5. The highest BCUT2D eigenvalue weighted by molar-refractivity contribution is 5.79. The first kappa shape index (κ1) is 13.7. The van der Waals surface area contributed by atoms with Gasteiger partial charge in [-0.25, -0.2) is 0 Å². The molecule has 0 aliphatic heterocycles. The lowest BCUT2D eigenvalue weighted by molar-refractivity contribution is -0.385. The minimum atomic E-state index is -0.290. The van der Waals surface area contributed by atoms with Crippen molar-refractivity contribution in [2.45, 2.75) is 12.3 Å². The van der Waals surface area contributed by atoms with Crippen LogP contribution in [0.5, 0.6) is 0 Å². The molecule has 3 aromatic carbocycles. The minimum absolute atomic E-state index is 0.170. The van der Waals surface area contributed by atoms with Crippen LogP contribution in [0.2, 0.25) is 0 Å². The Bertz CT molecular complexity index is 856. The number of fused-ring (bicyclic) bond motifs is 3. The summed E-state index contributed by atoms with van der Waals surface area (Å²) in [4.78, 5) is 11.0. The Morgan fingerprint density at radius 1 is 0.783 bits per heavy atom. The number of nitrogens with zero attached hydrogens (tertiary/aromatic N) is 1. The highest BCUT2D eigenvalue weighted by atomic mass is 16.6. The van der Waals surface area contributed by atoms with E-state index in [0.717, 1.165) is 5.56 Å². The van der Waals surface area contributed by atoms with Crippen LogP contribution in [0.4, 0.5) is 5.69 Å². The number of benzene rings is 3. The molecule has 0 aromatic heterocycles. The predicted octanol–water partition coefficient (Wildman–Crippen LogP) is 4.95. The normalized spacial score (nSPS) is 12.7. The fraction of sp³-hybridized carbons (Fsp3) is 0.100. The summed E-state index contributed by atoms with van der Waals surface area (Å²) in [5.41, 5.74) is 5.99. The molecule has 0 saturated heterocycles. The van der Waals surface area contributed by atoms with E-state index in [1.807, 2.05) is 36.4 Å². The van der Waals surface area contributed by atoms with Gasteiger partial charge in [-0.2, -0.15) is 0 Å². The average molecular weight is 301 g/mol. The zero-order valence-electron chi connectivity index (χ0n) is 12.5. The van der Waals surface area contributed by atoms with Crippen molar-refractivity contribution in [3.8, 4) is 11.1 Å². The van der Waals surface area contributed by atoms with Crippen LogP contribution in [0, 0.1) is 10.1 Å². The molecule has 0 unspecified atom stereocenters. The lowest BCUT2D eigenvalue weighted by Crippen LogP contribution is -2.04. The fourth-order valence-corrected chi connectivity index (χ4v) is 3.56. The number of para-hydroxylation sites is 1. The van der Waals surface area contributed by atoms with Gasteiger partial charge in [0.2, 0.25) is 0 Å². The SMILES string of the molecule is O=[N+]([O-])c1ccccc1CC1c2ccccc2-c2ccccc21. The van der Waals surface area contributed by atoms with E-state index in [1.54, 1.807) is 12.1 Å². The Kier molecular flexibility index (Phi) is 3.19. The molecule has 3 nitrogen and oxygen atoms in total. The third kappa shape index (κ3) is 2.21. The van der Waals surface area contributed by atoms with E-state index in [1.165, 1.54) is 22.3 Å². The first-order chi connectivity index (χ1) is 11.3. The maximum atomic E-state index is 11.3. The largest absolute Gasteiger partial charge is 0.272 e. The quantitative estimate of drug-likeness (QED) is 0.507. The van der Waals surface area contributed by atoms with E-state index in [0.29, 0.717) is 6.42 Å². The highest BCUT2D eigenvalue weighted by Gasteiger charge is 2.29. The van der Waals surface area contributed by atoms with Crippen LogP contribution in [0.15, 0.2) is 72.8 Å². The van der Waals surface area contributed by atoms with Gasteiger partial charge >= 0.3 is 0 Å². The number of rotatable bonds is 3.